The number of piperazine rings is 1. The number of hydrogen-bond donors (Lipinski definition) is 0. The van der Waals surface area contributed by atoms with Crippen molar-refractivity contribution in [3.8, 4) is 11.8 Å². The standard InChI is InChI=1S/C26H29N5O3.C5H12/c1-20-4-3-5-25(33-2)24(20)18-34-26(32)30-12-10-29(11-13-30)17-23-15-28-19-31(23)16-22-8-6-21(14-27)7-9-22;1-4-5(2)3/h3-9,15,19H,10-13,16-18H2,1-2H3;5H,4H2,1-3H3. The topological polar surface area (TPSA) is 83.6 Å². The van der Waals surface area contributed by atoms with Crippen LogP contribution in [0.25, 0.3) is 0 Å². The van der Waals surface area contributed by atoms with E-state index in [2.05, 4.69) is 41.3 Å². The number of aryl methyl sites for hydroxylation is 1. The molecule has 0 unspecified atom stereocenters. The Kier molecular flexibility index (Phi) is 11.4. The normalized spacial score (nSPS) is 13.4. The van der Waals surface area contributed by atoms with Gasteiger partial charge in [0.15, 0.2) is 0 Å². The van der Waals surface area contributed by atoms with E-state index in [9.17, 15) is 4.79 Å². The summed E-state index contributed by atoms with van der Waals surface area (Å²) in [4.78, 5) is 21.0. The van der Waals surface area contributed by atoms with E-state index in [0.717, 1.165) is 53.7 Å². The van der Waals surface area contributed by atoms with Crippen molar-refractivity contribution >= 4 is 6.09 Å². The van der Waals surface area contributed by atoms with Gasteiger partial charge < -0.3 is 18.9 Å². The number of rotatable bonds is 8. The number of benzene rings is 2. The summed E-state index contributed by atoms with van der Waals surface area (Å²) in [5.41, 5.74) is 4.83. The summed E-state index contributed by atoms with van der Waals surface area (Å²) in [6.45, 7) is 13.1. The molecule has 1 aliphatic heterocycles. The molecule has 1 saturated heterocycles. The molecule has 39 heavy (non-hydrogen) atoms. The van der Waals surface area contributed by atoms with E-state index in [1.54, 1.807) is 12.0 Å². The number of methoxy groups -OCH3 is 1. The Bertz CT molecular complexity index is 1220. The highest BCUT2D eigenvalue weighted by Crippen LogP contribution is 2.23. The molecule has 2 heterocycles. The van der Waals surface area contributed by atoms with Gasteiger partial charge in [-0.1, -0.05) is 51.5 Å². The molecule has 0 radical (unpaired) electrons. The summed E-state index contributed by atoms with van der Waals surface area (Å²) >= 11 is 0. The molecule has 0 N–H and O–H groups in total. The molecule has 2 aromatic carbocycles. The first kappa shape index (κ1) is 29.7. The Morgan fingerprint density at radius 2 is 1.77 bits per heavy atom. The number of carbonyl (C=O) groups excluding carboxylic acids is 1. The molecule has 1 amide bonds. The van der Waals surface area contributed by atoms with Crippen molar-refractivity contribution in [1.29, 1.82) is 5.26 Å². The molecule has 0 atom stereocenters. The van der Waals surface area contributed by atoms with Crippen molar-refractivity contribution in [1.82, 2.24) is 19.4 Å². The van der Waals surface area contributed by atoms with Crippen molar-refractivity contribution in [2.45, 2.75) is 53.8 Å². The quantitative estimate of drug-likeness (QED) is 0.375. The number of amides is 1. The van der Waals surface area contributed by atoms with Gasteiger partial charge in [0, 0.05) is 51.0 Å². The predicted octanol–water partition coefficient (Wildman–Crippen LogP) is 5.63. The largest absolute Gasteiger partial charge is 0.496 e. The highest BCUT2D eigenvalue weighted by molar-refractivity contribution is 5.68. The van der Waals surface area contributed by atoms with Gasteiger partial charge >= 0.3 is 6.09 Å². The summed E-state index contributed by atoms with van der Waals surface area (Å²) in [6, 6.07) is 15.5. The van der Waals surface area contributed by atoms with Crippen LogP contribution in [0.1, 0.15) is 55.1 Å². The van der Waals surface area contributed by atoms with E-state index in [0.29, 0.717) is 25.2 Å². The van der Waals surface area contributed by atoms with Gasteiger partial charge in [-0.3, -0.25) is 4.90 Å². The van der Waals surface area contributed by atoms with Gasteiger partial charge in [-0.25, -0.2) is 9.78 Å². The van der Waals surface area contributed by atoms with Crippen LogP contribution < -0.4 is 4.74 Å². The molecule has 208 valence electrons. The fourth-order valence-corrected chi connectivity index (χ4v) is 4.10. The minimum atomic E-state index is -0.296. The highest BCUT2D eigenvalue weighted by Gasteiger charge is 2.23. The van der Waals surface area contributed by atoms with Crippen LogP contribution in [-0.4, -0.2) is 58.7 Å². The lowest BCUT2D eigenvalue weighted by Crippen LogP contribution is -2.48. The first-order valence-electron chi connectivity index (χ1n) is 13.6. The Balaban J connectivity index is 0.000000771. The average molecular weight is 532 g/mol. The van der Waals surface area contributed by atoms with E-state index < -0.39 is 0 Å². The van der Waals surface area contributed by atoms with E-state index in [1.807, 2.05) is 61.9 Å². The summed E-state index contributed by atoms with van der Waals surface area (Å²) in [5.74, 6) is 1.62. The van der Waals surface area contributed by atoms with Gasteiger partial charge in [-0.05, 0) is 42.2 Å². The Morgan fingerprint density at radius 1 is 1.08 bits per heavy atom. The zero-order chi connectivity index (χ0) is 28.2. The van der Waals surface area contributed by atoms with Crippen molar-refractivity contribution in [2.75, 3.05) is 33.3 Å². The van der Waals surface area contributed by atoms with Gasteiger partial charge in [0.05, 0.1) is 30.8 Å². The van der Waals surface area contributed by atoms with E-state index in [4.69, 9.17) is 14.7 Å². The molecule has 8 heteroatoms. The van der Waals surface area contributed by atoms with Crippen molar-refractivity contribution in [3.63, 3.8) is 0 Å². The lowest BCUT2D eigenvalue weighted by molar-refractivity contribution is 0.0690. The molecule has 1 aromatic heterocycles. The van der Waals surface area contributed by atoms with Crippen molar-refractivity contribution in [2.24, 2.45) is 5.92 Å². The number of aromatic nitrogens is 2. The Labute approximate surface area is 232 Å². The molecule has 0 spiro atoms. The van der Waals surface area contributed by atoms with Crippen LogP contribution in [0, 0.1) is 24.2 Å². The highest BCUT2D eigenvalue weighted by atomic mass is 16.6. The maximum Gasteiger partial charge on any atom is 0.410 e. The molecular weight excluding hydrogens is 490 g/mol. The molecule has 3 aromatic rings. The second-order valence-electron chi connectivity index (χ2n) is 10.2. The summed E-state index contributed by atoms with van der Waals surface area (Å²) < 4.78 is 13.1. The van der Waals surface area contributed by atoms with E-state index in [-0.39, 0.29) is 12.7 Å². The summed E-state index contributed by atoms with van der Waals surface area (Å²) in [5, 5.41) is 8.97. The predicted molar refractivity (Wildman–Crippen MR) is 152 cm³/mol. The van der Waals surface area contributed by atoms with Crippen LogP contribution in [0.4, 0.5) is 4.79 Å². The molecule has 4 rings (SSSR count). The Hall–Kier alpha value is -3.83. The molecule has 8 nitrogen and oxygen atoms in total. The number of nitrogens with zero attached hydrogens (tertiary/aromatic N) is 5. The van der Waals surface area contributed by atoms with E-state index >= 15 is 0 Å². The third-order valence-corrected chi connectivity index (χ3v) is 6.99. The average Bonchev–Trinajstić information content (AvgIpc) is 3.39. The van der Waals surface area contributed by atoms with E-state index in [1.165, 1.54) is 6.42 Å². The monoisotopic (exact) mass is 531 g/mol. The van der Waals surface area contributed by atoms with Crippen LogP contribution >= 0.6 is 0 Å². The zero-order valence-electron chi connectivity index (χ0n) is 23.9. The number of nitriles is 1. The first-order valence-corrected chi connectivity index (χ1v) is 13.6. The maximum atomic E-state index is 12.6. The number of carbonyl (C=O) groups is 1. The fraction of sp³-hybridized carbons (Fsp3) is 0.452. The van der Waals surface area contributed by atoms with Crippen LogP contribution in [0.2, 0.25) is 0 Å². The molecule has 1 fully saturated rings. The summed E-state index contributed by atoms with van der Waals surface area (Å²) in [7, 11) is 1.62. The van der Waals surface area contributed by atoms with Crippen molar-refractivity contribution in [3.05, 3.63) is 82.9 Å². The van der Waals surface area contributed by atoms with Gasteiger partial charge in [0.1, 0.15) is 12.4 Å². The van der Waals surface area contributed by atoms with Gasteiger partial charge in [0.25, 0.3) is 0 Å². The van der Waals surface area contributed by atoms with Crippen molar-refractivity contribution < 1.29 is 14.3 Å². The molecule has 0 bridgehead atoms. The van der Waals surface area contributed by atoms with Crippen LogP contribution in [0.5, 0.6) is 5.75 Å². The maximum absolute atomic E-state index is 12.6. The second kappa shape index (κ2) is 14.9. The number of imidazole rings is 1. The SMILES string of the molecule is CCC(C)C.COc1cccc(C)c1COC(=O)N1CCN(Cc2cncn2Cc2ccc(C#N)cc2)CC1. The second-order valence-corrected chi connectivity index (χ2v) is 10.2. The van der Waals surface area contributed by atoms with Gasteiger partial charge in [-0.2, -0.15) is 5.26 Å². The lowest BCUT2D eigenvalue weighted by Gasteiger charge is -2.34. The van der Waals surface area contributed by atoms with Crippen LogP contribution in [-0.2, 0) is 24.4 Å². The van der Waals surface area contributed by atoms with Crippen LogP contribution in [0.3, 0.4) is 0 Å². The minimum Gasteiger partial charge on any atom is -0.496 e. The molecule has 0 aliphatic carbocycles. The third kappa shape index (κ3) is 8.86. The first-order chi connectivity index (χ1) is 18.8. The fourth-order valence-electron chi connectivity index (χ4n) is 4.10. The molecule has 1 aliphatic rings. The molecule has 0 saturated carbocycles. The number of ether oxygens (including phenoxy) is 2. The smallest absolute Gasteiger partial charge is 0.410 e. The number of hydrogen-bond acceptors (Lipinski definition) is 6. The minimum absolute atomic E-state index is 0.198. The third-order valence-electron chi connectivity index (χ3n) is 6.99. The molecular formula is C31H41N5O3. The Morgan fingerprint density at radius 3 is 2.38 bits per heavy atom. The summed E-state index contributed by atoms with van der Waals surface area (Å²) in [6.07, 6.45) is 4.73. The lowest BCUT2D eigenvalue weighted by atomic mass is 10.1. The van der Waals surface area contributed by atoms with Crippen LogP contribution in [0.15, 0.2) is 55.0 Å². The zero-order valence-corrected chi connectivity index (χ0v) is 23.9. The van der Waals surface area contributed by atoms with Gasteiger partial charge in [-0.15, -0.1) is 0 Å². The van der Waals surface area contributed by atoms with Gasteiger partial charge in [0.2, 0.25) is 0 Å².